The molecule has 0 amide bonds. The summed E-state index contributed by atoms with van der Waals surface area (Å²) in [6.07, 6.45) is 0. The van der Waals surface area contributed by atoms with Gasteiger partial charge in [0, 0.05) is 73.9 Å². The number of hydrogen-bond donors (Lipinski definition) is 0. The number of benzene rings is 9. The van der Waals surface area contributed by atoms with Crippen molar-refractivity contribution in [3.05, 3.63) is 224 Å². The van der Waals surface area contributed by atoms with E-state index >= 15 is 0 Å². The summed E-state index contributed by atoms with van der Waals surface area (Å²) < 4.78 is 4.74. The highest BCUT2D eigenvalue weighted by molar-refractivity contribution is 6.13. The lowest BCUT2D eigenvalue weighted by Gasteiger charge is -2.25. The first-order valence-electron chi connectivity index (χ1n) is 20.2. The molecule has 11 rings (SSSR count). The number of hydrogen-bond acceptors (Lipinski definition) is 2. The highest BCUT2D eigenvalue weighted by Gasteiger charge is 2.19. The zero-order chi connectivity index (χ0) is 39.3. The fourth-order valence-corrected chi connectivity index (χ4v) is 8.90. The molecule has 0 unspecified atom stereocenters. The summed E-state index contributed by atoms with van der Waals surface area (Å²) in [6, 6.07) is 80.8. The molecule has 280 valence electrons. The molecular formula is C55H40N4. The monoisotopic (exact) mass is 756 g/mol. The van der Waals surface area contributed by atoms with Crippen molar-refractivity contribution in [3.8, 4) is 16.8 Å². The Hall–Kier alpha value is -7.82. The molecule has 9 aromatic carbocycles. The maximum atomic E-state index is 2.41. The molecule has 0 spiro atoms. The number of para-hydroxylation sites is 5. The van der Waals surface area contributed by atoms with Gasteiger partial charge in [0.2, 0.25) is 0 Å². The van der Waals surface area contributed by atoms with Crippen molar-refractivity contribution >= 4 is 77.7 Å². The van der Waals surface area contributed by atoms with Crippen LogP contribution in [0.15, 0.2) is 224 Å². The van der Waals surface area contributed by atoms with E-state index in [1.807, 2.05) is 0 Å². The number of aromatic nitrogens is 2. The van der Waals surface area contributed by atoms with Crippen LogP contribution in [0.3, 0.4) is 0 Å². The van der Waals surface area contributed by atoms with Crippen LogP contribution in [0.2, 0.25) is 0 Å². The van der Waals surface area contributed by atoms with Gasteiger partial charge in [-0.25, -0.2) is 0 Å². The summed E-state index contributed by atoms with van der Waals surface area (Å²) in [7, 11) is 2.18. The molecular weight excluding hydrogens is 717 g/mol. The van der Waals surface area contributed by atoms with E-state index in [9.17, 15) is 0 Å². The molecule has 11 aromatic rings. The lowest BCUT2D eigenvalue weighted by Crippen LogP contribution is -2.09. The van der Waals surface area contributed by atoms with Crippen molar-refractivity contribution in [3.63, 3.8) is 0 Å². The van der Waals surface area contributed by atoms with E-state index in [2.05, 4.69) is 250 Å². The highest BCUT2D eigenvalue weighted by atomic mass is 15.1. The predicted octanol–water partition coefficient (Wildman–Crippen LogP) is 15.0. The van der Waals surface area contributed by atoms with Gasteiger partial charge in [-0.2, -0.15) is 0 Å². The quantitative estimate of drug-likeness (QED) is 0.153. The van der Waals surface area contributed by atoms with Crippen molar-refractivity contribution in [1.29, 1.82) is 0 Å². The van der Waals surface area contributed by atoms with Crippen molar-refractivity contribution < 1.29 is 0 Å². The van der Waals surface area contributed by atoms with E-state index < -0.39 is 0 Å². The zero-order valence-corrected chi connectivity index (χ0v) is 32.7. The van der Waals surface area contributed by atoms with Crippen LogP contribution in [0.1, 0.15) is 0 Å². The minimum absolute atomic E-state index is 1.11. The predicted molar refractivity (Wildman–Crippen MR) is 250 cm³/mol. The minimum atomic E-state index is 1.11. The molecule has 2 heterocycles. The fourth-order valence-electron chi connectivity index (χ4n) is 8.90. The van der Waals surface area contributed by atoms with Gasteiger partial charge in [0.25, 0.3) is 0 Å². The van der Waals surface area contributed by atoms with Gasteiger partial charge < -0.3 is 18.9 Å². The molecule has 0 bridgehead atoms. The number of nitrogens with zero attached hydrogens (tertiary/aromatic N) is 4. The summed E-state index contributed by atoms with van der Waals surface area (Å²) in [4.78, 5) is 4.66. The van der Waals surface area contributed by atoms with Crippen LogP contribution in [0.25, 0.3) is 60.4 Å². The van der Waals surface area contributed by atoms with Gasteiger partial charge in [0.1, 0.15) is 0 Å². The summed E-state index contributed by atoms with van der Waals surface area (Å²) in [5.74, 6) is 0. The maximum absolute atomic E-state index is 2.41. The lowest BCUT2D eigenvalue weighted by atomic mass is 10.0. The Morgan fingerprint density at radius 3 is 1.15 bits per heavy atom. The molecule has 0 aliphatic carbocycles. The van der Waals surface area contributed by atoms with Crippen LogP contribution in [-0.2, 0) is 7.05 Å². The van der Waals surface area contributed by atoms with E-state index in [0.717, 1.165) is 45.3 Å². The Morgan fingerprint density at radius 2 is 0.678 bits per heavy atom. The normalized spacial score (nSPS) is 11.5. The highest BCUT2D eigenvalue weighted by Crippen LogP contribution is 2.42. The van der Waals surface area contributed by atoms with Crippen LogP contribution >= 0.6 is 0 Å². The summed E-state index contributed by atoms with van der Waals surface area (Å²) in [6.45, 7) is 0. The third-order valence-electron chi connectivity index (χ3n) is 11.7. The zero-order valence-electron chi connectivity index (χ0n) is 32.7. The molecule has 2 aromatic heterocycles. The molecule has 0 aliphatic heterocycles. The van der Waals surface area contributed by atoms with Crippen LogP contribution in [-0.4, -0.2) is 9.13 Å². The molecule has 0 fully saturated rings. The second-order valence-corrected chi connectivity index (χ2v) is 15.1. The minimum Gasteiger partial charge on any atom is -0.344 e. The Morgan fingerprint density at radius 1 is 0.288 bits per heavy atom. The van der Waals surface area contributed by atoms with E-state index in [-0.39, 0.29) is 0 Å². The van der Waals surface area contributed by atoms with Gasteiger partial charge in [-0.05, 0) is 120 Å². The standard InChI is InChI=1S/C55H40N4/c1-56-52-33-27-39(35-50(52)48-31-29-46(37-54(48)56)57(41-17-7-2-8-18-41)42-19-9-3-10-20-42)40-28-34-53-51(36-40)49-32-30-47(38-55(49)59(53)45-25-15-6-16-26-45)58(43-21-11-4-12-22-43)44-23-13-5-14-24-44/h2-38H,1H3. The first-order valence-corrected chi connectivity index (χ1v) is 20.2. The number of rotatable bonds is 8. The second kappa shape index (κ2) is 14.3. The van der Waals surface area contributed by atoms with Crippen molar-refractivity contribution in [2.24, 2.45) is 7.05 Å². The summed E-state index contributed by atoms with van der Waals surface area (Å²) in [5, 5.41) is 4.93. The first kappa shape index (κ1) is 34.4. The van der Waals surface area contributed by atoms with Gasteiger partial charge in [0.05, 0.1) is 16.6 Å². The van der Waals surface area contributed by atoms with Crippen molar-refractivity contribution in [1.82, 2.24) is 9.13 Å². The molecule has 0 saturated heterocycles. The summed E-state index contributed by atoms with van der Waals surface area (Å²) in [5.41, 5.74) is 15.0. The third kappa shape index (κ3) is 5.93. The first-order chi connectivity index (χ1) is 29.2. The molecule has 4 nitrogen and oxygen atoms in total. The van der Waals surface area contributed by atoms with Crippen LogP contribution in [0, 0.1) is 0 Å². The van der Waals surface area contributed by atoms with E-state index in [1.54, 1.807) is 0 Å². The fraction of sp³-hybridized carbons (Fsp3) is 0.0182. The Labute approximate surface area is 343 Å². The van der Waals surface area contributed by atoms with Gasteiger partial charge >= 0.3 is 0 Å². The van der Waals surface area contributed by atoms with Crippen LogP contribution in [0.4, 0.5) is 34.1 Å². The summed E-state index contributed by atoms with van der Waals surface area (Å²) >= 11 is 0. The average molecular weight is 757 g/mol. The smallest absolute Gasteiger partial charge is 0.0561 e. The topological polar surface area (TPSA) is 16.3 Å². The second-order valence-electron chi connectivity index (χ2n) is 15.1. The van der Waals surface area contributed by atoms with E-state index in [0.29, 0.717) is 0 Å². The van der Waals surface area contributed by atoms with E-state index in [1.165, 1.54) is 49.2 Å². The SMILES string of the molecule is Cn1c2ccc(-c3ccc4c(c3)c3ccc(N(c5ccccc5)c5ccccc5)cc3n4-c3ccccc3)cc2c2ccc(N(c3ccccc3)c3ccccc3)cc21. The van der Waals surface area contributed by atoms with Crippen molar-refractivity contribution in [2.45, 2.75) is 0 Å². The Balaban J connectivity index is 1.05. The van der Waals surface area contributed by atoms with Crippen LogP contribution in [0.5, 0.6) is 0 Å². The molecule has 0 N–H and O–H groups in total. The molecule has 4 heteroatoms. The number of aryl methyl sites for hydroxylation is 1. The average Bonchev–Trinajstić information content (AvgIpc) is 3.78. The third-order valence-corrected chi connectivity index (χ3v) is 11.7. The molecule has 0 saturated carbocycles. The Kier molecular flexibility index (Phi) is 8.34. The molecule has 0 radical (unpaired) electrons. The number of anilines is 6. The van der Waals surface area contributed by atoms with Crippen molar-refractivity contribution in [2.75, 3.05) is 9.80 Å². The Bertz CT molecular complexity index is 3180. The number of fused-ring (bicyclic) bond motifs is 6. The largest absolute Gasteiger partial charge is 0.344 e. The van der Waals surface area contributed by atoms with Crippen LogP contribution < -0.4 is 9.80 Å². The van der Waals surface area contributed by atoms with Gasteiger partial charge in [-0.15, -0.1) is 0 Å². The van der Waals surface area contributed by atoms with E-state index in [4.69, 9.17) is 0 Å². The maximum Gasteiger partial charge on any atom is 0.0561 e. The molecule has 0 atom stereocenters. The molecule has 59 heavy (non-hydrogen) atoms. The lowest BCUT2D eigenvalue weighted by molar-refractivity contribution is 1.01. The van der Waals surface area contributed by atoms with Gasteiger partial charge in [-0.3, -0.25) is 0 Å². The van der Waals surface area contributed by atoms with Gasteiger partial charge in [-0.1, -0.05) is 115 Å². The van der Waals surface area contributed by atoms with Gasteiger partial charge in [0.15, 0.2) is 0 Å². The molecule has 0 aliphatic rings.